The van der Waals surface area contributed by atoms with E-state index in [1.165, 1.54) is 12.1 Å². The molecule has 2 aliphatic heterocycles. The lowest BCUT2D eigenvalue weighted by molar-refractivity contribution is 0.626. The highest BCUT2D eigenvalue weighted by Crippen LogP contribution is 2.36. The number of hydrogen-bond donors (Lipinski definition) is 0. The van der Waals surface area contributed by atoms with Crippen molar-refractivity contribution in [3.05, 3.63) is 96.4 Å². The van der Waals surface area contributed by atoms with Gasteiger partial charge in [-0.3, -0.25) is 0 Å². The van der Waals surface area contributed by atoms with Crippen LogP contribution < -0.4 is 0 Å². The lowest BCUT2D eigenvalue weighted by Crippen LogP contribution is -2.04. The summed E-state index contributed by atoms with van der Waals surface area (Å²) in [5.41, 5.74) is 5.96. The van der Waals surface area contributed by atoms with E-state index in [1.807, 2.05) is 54.6 Å². The minimum absolute atomic E-state index is 0.222. The van der Waals surface area contributed by atoms with Crippen molar-refractivity contribution >= 4 is 10.9 Å². The predicted octanol–water partition coefficient (Wildman–Crippen LogP) is 5.39. The summed E-state index contributed by atoms with van der Waals surface area (Å²) in [6.07, 6.45) is 2.10. The van der Waals surface area contributed by atoms with Crippen LogP contribution in [0.1, 0.15) is 5.56 Å². The number of rotatable bonds is 3. The second-order valence-corrected chi connectivity index (χ2v) is 6.58. The molecular weight excluding hydrogens is 337 g/mol. The number of halogens is 1. The number of fused-ring (bicyclic) bond motifs is 3. The number of aromatic nitrogens is 3. The molecule has 0 unspecified atom stereocenters. The molecule has 3 nitrogen and oxygen atoms in total. The average Bonchev–Trinajstić information content (AvgIpc) is 3.14. The summed E-state index contributed by atoms with van der Waals surface area (Å²) in [4.78, 5) is 0. The third-order valence-electron chi connectivity index (χ3n) is 4.83. The summed E-state index contributed by atoms with van der Waals surface area (Å²) in [7, 11) is 0. The Balaban J connectivity index is 1.72. The first-order valence-electron chi connectivity index (χ1n) is 8.84. The van der Waals surface area contributed by atoms with Crippen molar-refractivity contribution in [3.8, 4) is 22.5 Å². The molecule has 0 atom stereocenters. The molecule has 27 heavy (non-hydrogen) atoms. The highest BCUT2D eigenvalue weighted by molar-refractivity contribution is 5.97. The van der Waals surface area contributed by atoms with E-state index in [2.05, 4.69) is 33.1 Å². The van der Waals surface area contributed by atoms with Crippen molar-refractivity contribution in [2.45, 2.75) is 6.54 Å². The van der Waals surface area contributed by atoms with E-state index in [9.17, 15) is 4.39 Å². The SMILES string of the molecule is Fc1ccc(Cn2cc3c(-c4ccccc4)nnc-3c3ccccc32)cc1. The summed E-state index contributed by atoms with van der Waals surface area (Å²) in [6, 6.07) is 24.9. The molecule has 0 aliphatic carbocycles. The van der Waals surface area contributed by atoms with Crippen LogP contribution in [0.3, 0.4) is 0 Å². The fourth-order valence-electron chi connectivity index (χ4n) is 3.52. The number of hydrogen-bond acceptors (Lipinski definition) is 2. The molecule has 5 rings (SSSR count). The normalized spacial score (nSPS) is 11.3. The molecule has 4 heteroatoms. The second kappa shape index (κ2) is 6.32. The fourth-order valence-corrected chi connectivity index (χ4v) is 3.52. The van der Waals surface area contributed by atoms with Gasteiger partial charge in [0.05, 0.1) is 5.52 Å². The third-order valence-corrected chi connectivity index (χ3v) is 4.83. The van der Waals surface area contributed by atoms with Gasteiger partial charge in [0.15, 0.2) is 0 Å². The zero-order valence-corrected chi connectivity index (χ0v) is 14.5. The number of benzene rings is 3. The summed E-state index contributed by atoms with van der Waals surface area (Å²) in [5, 5.41) is 9.99. The molecule has 0 N–H and O–H groups in total. The maximum absolute atomic E-state index is 13.3. The molecule has 0 fully saturated rings. The van der Waals surface area contributed by atoms with Crippen LogP contribution in [0.15, 0.2) is 85.1 Å². The van der Waals surface area contributed by atoms with Gasteiger partial charge in [-0.25, -0.2) is 4.39 Å². The Hall–Kier alpha value is -3.53. The number of para-hydroxylation sites is 1. The van der Waals surface area contributed by atoms with E-state index in [4.69, 9.17) is 0 Å². The summed E-state index contributed by atoms with van der Waals surface area (Å²) in [5.74, 6) is -0.222. The average molecular weight is 353 g/mol. The summed E-state index contributed by atoms with van der Waals surface area (Å²) in [6.45, 7) is 0.649. The van der Waals surface area contributed by atoms with Gasteiger partial charge in [0, 0.05) is 29.3 Å². The van der Waals surface area contributed by atoms with Gasteiger partial charge in [-0.1, -0.05) is 60.7 Å². The van der Waals surface area contributed by atoms with Crippen molar-refractivity contribution in [3.63, 3.8) is 0 Å². The molecule has 2 aliphatic rings. The van der Waals surface area contributed by atoms with Gasteiger partial charge >= 0.3 is 0 Å². The van der Waals surface area contributed by atoms with Crippen LogP contribution in [-0.2, 0) is 6.54 Å². The van der Waals surface area contributed by atoms with Crippen LogP contribution in [0.2, 0.25) is 0 Å². The van der Waals surface area contributed by atoms with E-state index >= 15 is 0 Å². The Morgan fingerprint density at radius 1 is 0.741 bits per heavy atom. The first-order chi connectivity index (χ1) is 13.3. The lowest BCUT2D eigenvalue weighted by Gasteiger charge is -2.15. The zero-order valence-electron chi connectivity index (χ0n) is 14.5. The maximum atomic E-state index is 13.3. The highest BCUT2D eigenvalue weighted by Gasteiger charge is 2.19. The highest BCUT2D eigenvalue weighted by atomic mass is 19.1. The van der Waals surface area contributed by atoms with Gasteiger partial charge in [-0.15, -0.1) is 10.2 Å². The molecule has 130 valence electrons. The van der Waals surface area contributed by atoms with Crippen molar-refractivity contribution in [2.24, 2.45) is 0 Å². The van der Waals surface area contributed by atoms with E-state index in [-0.39, 0.29) is 5.82 Å². The van der Waals surface area contributed by atoms with Crippen LogP contribution in [0.4, 0.5) is 4.39 Å². The lowest BCUT2D eigenvalue weighted by atomic mass is 10.0. The Bertz CT molecular complexity index is 1190. The predicted molar refractivity (Wildman–Crippen MR) is 105 cm³/mol. The van der Waals surface area contributed by atoms with Gasteiger partial charge in [0.2, 0.25) is 0 Å². The first-order valence-corrected chi connectivity index (χ1v) is 8.84. The van der Waals surface area contributed by atoms with Crippen molar-refractivity contribution in [2.75, 3.05) is 0 Å². The van der Waals surface area contributed by atoms with E-state index < -0.39 is 0 Å². The monoisotopic (exact) mass is 353 g/mol. The van der Waals surface area contributed by atoms with E-state index in [0.717, 1.165) is 39.0 Å². The molecule has 0 saturated carbocycles. The van der Waals surface area contributed by atoms with Crippen molar-refractivity contribution in [1.82, 2.24) is 14.8 Å². The Labute approximate surface area is 156 Å². The third kappa shape index (κ3) is 2.75. The van der Waals surface area contributed by atoms with Crippen molar-refractivity contribution < 1.29 is 4.39 Å². The molecule has 2 heterocycles. The minimum Gasteiger partial charge on any atom is -0.342 e. The van der Waals surface area contributed by atoms with E-state index in [1.54, 1.807) is 0 Å². The van der Waals surface area contributed by atoms with Gasteiger partial charge in [0.25, 0.3) is 0 Å². The molecule has 0 amide bonds. The summed E-state index contributed by atoms with van der Waals surface area (Å²) >= 11 is 0. The molecule has 3 aromatic carbocycles. The largest absolute Gasteiger partial charge is 0.342 e. The smallest absolute Gasteiger partial charge is 0.123 e. The minimum atomic E-state index is -0.222. The van der Waals surface area contributed by atoms with Crippen LogP contribution in [0.25, 0.3) is 33.4 Å². The Morgan fingerprint density at radius 2 is 1.44 bits per heavy atom. The number of pyridine rings is 1. The summed E-state index contributed by atoms with van der Waals surface area (Å²) < 4.78 is 15.4. The van der Waals surface area contributed by atoms with Gasteiger partial charge in [0.1, 0.15) is 17.2 Å². The molecule has 0 spiro atoms. The molecule has 3 aromatic rings. The van der Waals surface area contributed by atoms with Crippen molar-refractivity contribution in [1.29, 1.82) is 0 Å². The molecule has 0 aromatic heterocycles. The van der Waals surface area contributed by atoms with E-state index in [0.29, 0.717) is 6.54 Å². The van der Waals surface area contributed by atoms with Gasteiger partial charge in [-0.05, 0) is 23.8 Å². The maximum Gasteiger partial charge on any atom is 0.123 e. The Kier molecular flexibility index (Phi) is 3.68. The Morgan fingerprint density at radius 3 is 2.26 bits per heavy atom. The number of nitrogens with zero attached hydrogens (tertiary/aromatic N) is 3. The molecule has 0 radical (unpaired) electrons. The molecular formula is C23H16FN3. The van der Waals surface area contributed by atoms with Crippen LogP contribution in [0.5, 0.6) is 0 Å². The van der Waals surface area contributed by atoms with Crippen LogP contribution >= 0.6 is 0 Å². The zero-order chi connectivity index (χ0) is 18.2. The van der Waals surface area contributed by atoms with Crippen LogP contribution in [0, 0.1) is 5.82 Å². The molecule has 0 saturated heterocycles. The second-order valence-electron chi connectivity index (χ2n) is 6.58. The van der Waals surface area contributed by atoms with Gasteiger partial charge < -0.3 is 4.57 Å². The van der Waals surface area contributed by atoms with Crippen LogP contribution in [-0.4, -0.2) is 14.8 Å². The quantitative estimate of drug-likeness (QED) is 0.435. The molecule has 0 bridgehead atoms. The fraction of sp³-hybridized carbons (Fsp3) is 0.0435. The first kappa shape index (κ1) is 15.7. The standard InChI is InChI=1S/C23H16FN3/c24-18-12-10-16(11-13-18)14-27-15-20-22(17-6-2-1-3-7-17)25-26-23(20)19-8-4-5-9-21(19)27/h1-13,15H,14H2. The van der Waals surface area contributed by atoms with Gasteiger partial charge in [-0.2, -0.15) is 0 Å². The topological polar surface area (TPSA) is 30.7 Å².